The van der Waals surface area contributed by atoms with Crippen LogP contribution in [0.2, 0.25) is 0 Å². The van der Waals surface area contributed by atoms with Crippen molar-refractivity contribution in [1.29, 1.82) is 0 Å². The van der Waals surface area contributed by atoms with E-state index in [9.17, 15) is 4.79 Å². The number of thiophene rings is 1. The highest BCUT2D eigenvalue weighted by molar-refractivity contribution is 7.16. The topological polar surface area (TPSA) is 70.0 Å². The number of hydrogen-bond donors (Lipinski definition) is 0. The normalized spacial score (nSPS) is 11.9. The van der Waals surface area contributed by atoms with Crippen LogP contribution < -0.4 is 5.56 Å². The summed E-state index contributed by atoms with van der Waals surface area (Å²) in [5, 5.41) is 15.8. The first kappa shape index (κ1) is 13.4. The number of aryl methyl sites for hydroxylation is 1. The van der Waals surface area contributed by atoms with Gasteiger partial charge in [0.25, 0.3) is 5.56 Å². The smallest absolute Gasteiger partial charge is 0.282 e. The molecule has 0 aliphatic rings. The second-order valence-corrected chi connectivity index (χ2v) is 6.51. The van der Waals surface area contributed by atoms with Gasteiger partial charge in [0.05, 0.1) is 5.52 Å². The predicted octanol–water partition coefficient (Wildman–Crippen LogP) is 2.27. The highest BCUT2D eigenvalue weighted by Gasteiger charge is 2.14. The van der Waals surface area contributed by atoms with Gasteiger partial charge < -0.3 is 0 Å². The standard InChI is InChI=1S/C16H12N6OS/c1-10-18-21(9-20-13-5-3-2-4-12(13)17-19-20)15(23)14-8-11-6-7-24-16(11)22(10)14/h2-8H,9H2,1H3. The zero-order chi connectivity index (χ0) is 16.3. The Bertz CT molecular complexity index is 1270. The number of benzene rings is 1. The van der Waals surface area contributed by atoms with Crippen LogP contribution in [0.25, 0.3) is 26.8 Å². The quantitative estimate of drug-likeness (QED) is 0.496. The average molecular weight is 336 g/mol. The van der Waals surface area contributed by atoms with E-state index in [0.29, 0.717) is 5.52 Å². The van der Waals surface area contributed by atoms with Crippen LogP contribution >= 0.6 is 11.3 Å². The van der Waals surface area contributed by atoms with E-state index in [1.165, 1.54) is 4.68 Å². The first-order valence-corrected chi connectivity index (χ1v) is 8.35. The molecule has 0 amide bonds. The van der Waals surface area contributed by atoms with Crippen LogP contribution in [0.15, 0.2) is 46.6 Å². The lowest BCUT2D eigenvalue weighted by atomic mass is 10.3. The molecular weight excluding hydrogens is 324 g/mol. The lowest BCUT2D eigenvalue weighted by Gasteiger charge is -2.08. The van der Waals surface area contributed by atoms with Gasteiger partial charge in [-0.1, -0.05) is 17.3 Å². The number of rotatable bonds is 2. The Labute approximate surface area is 139 Å². The first-order valence-electron chi connectivity index (χ1n) is 7.47. The van der Waals surface area contributed by atoms with Gasteiger partial charge in [0.2, 0.25) is 0 Å². The molecule has 118 valence electrons. The van der Waals surface area contributed by atoms with Crippen molar-refractivity contribution in [1.82, 2.24) is 29.2 Å². The van der Waals surface area contributed by atoms with Crippen LogP contribution in [-0.2, 0) is 6.67 Å². The second-order valence-electron chi connectivity index (χ2n) is 5.62. The van der Waals surface area contributed by atoms with Gasteiger partial charge in [0, 0.05) is 5.39 Å². The summed E-state index contributed by atoms with van der Waals surface area (Å²) in [6.07, 6.45) is 0. The van der Waals surface area contributed by atoms with Crippen LogP contribution in [0, 0.1) is 6.92 Å². The maximum absolute atomic E-state index is 12.8. The summed E-state index contributed by atoms with van der Waals surface area (Å²) in [4.78, 5) is 13.9. The molecule has 0 atom stereocenters. The van der Waals surface area contributed by atoms with Crippen molar-refractivity contribution in [3.05, 3.63) is 58.0 Å². The van der Waals surface area contributed by atoms with Gasteiger partial charge in [-0.2, -0.15) is 5.10 Å². The number of para-hydroxylation sites is 1. The summed E-state index contributed by atoms with van der Waals surface area (Å²) in [5.41, 5.74) is 2.17. The van der Waals surface area contributed by atoms with Gasteiger partial charge >= 0.3 is 0 Å². The fraction of sp³-hybridized carbons (Fsp3) is 0.125. The Hall–Kier alpha value is -3.00. The summed E-state index contributed by atoms with van der Waals surface area (Å²) in [6.45, 7) is 2.14. The van der Waals surface area contributed by atoms with Crippen molar-refractivity contribution < 1.29 is 0 Å². The molecule has 0 saturated carbocycles. The van der Waals surface area contributed by atoms with E-state index in [0.717, 1.165) is 27.1 Å². The molecular formula is C16H12N6OS. The maximum Gasteiger partial charge on any atom is 0.292 e. The first-order chi connectivity index (χ1) is 11.7. The largest absolute Gasteiger partial charge is 0.292 e. The van der Waals surface area contributed by atoms with Gasteiger partial charge in [-0.15, -0.1) is 16.4 Å². The summed E-state index contributed by atoms with van der Waals surface area (Å²) in [5.74, 6) is 0.770. The van der Waals surface area contributed by atoms with E-state index < -0.39 is 0 Å². The summed E-state index contributed by atoms with van der Waals surface area (Å²) >= 11 is 1.61. The summed E-state index contributed by atoms with van der Waals surface area (Å²) in [7, 11) is 0. The van der Waals surface area contributed by atoms with E-state index in [2.05, 4.69) is 15.4 Å². The molecule has 5 aromatic rings. The minimum absolute atomic E-state index is 0.136. The third-order valence-electron chi connectivity index (χ3n) is 4.14. The van der Waals surface area contributed by atoms with Gasteiger partial charge in [-0.25, -0.2) is 9.36 Å². The van der Waals surface area contributed by atoms with Gasteiger partial charge in [0.1, 0.15) is 28.4 Å². The molecule has 4 heterocycles. The SMILES string of the molecule is Cc1nn(Cn2nnc3ccccc32)c(=O)c2cc3ccsc3n12. The molecule has 0 fully saturated rings. The van der Waals surface area contributed by atoms with Crippen molar-refractivity contribution in [3.63, 3.8) is 0 Å². The van der Waals surface area contributed by atoms with Crippen molar-refractivity contribution in [2.45, 2.75) is 13.6 Å². The molecule has 8 heteroatoms. The third-order valence-corrected chi connectivity index (χ3v) is 5.05. The van der Waals surface area contributed by atoms with Crippen LogP contribution in [0.1, 0.15) is 5.82 Å². The fourth-order valence-corrected chi connectivity index (χ4v) is 3.99. The molecule has 24 heavy (non-hydrogen) atoms. The van der Waals surface area contributed by atoms with Crippen molar-refractivity contribution in [2.24, 2.45) is 0 Å². The zero-order valence-corrected chi connectivity index (χ0v) is 13.6. The van der Waals surface area contributed by atoms with Gasteiger partial charge in [0.15, 0.2) is 0 Å². The predicted molar refractivity (Wildman–Crippen MR) is 92.5 cm³/mol. The Balaban J connectivity index is 1.72. The van der Waals surface area contributed by atoms with Crippen LogP contribution in [0.3, 0.4) is 0 Å². The third kappa shape index (κ3) is 1.77. The van der Waals surface area contributed by atoms with Crippen LogP contribution in [-0.4, -0.2) is 29.2 Å². The average Bonchev–Trinajstić information content (AvgIpc) is 3.26. The number of aromatic nitrogens is 6. The second kappa shape index (κ2) is 4.75. The molecule has 0 bridgehead atoms. The molecule has 0 unspecified atom stereocenters. The van der Waals surface area contributed by atoms with E-state index in [-0.39, 0.29) is 12.2 Å². The van der Waals surface area contributed by atoms with Crippen molar-refractivity contribution in [3.8, 4) is 0 Å². The number of nitrogens with zero attached hydrogens (tertiary/aromatic N) is 6. The molecule has 0 radical (unpaired) electrons. The molecule has 0 spiro atoms. The molecule has 7 nitrogen and oxygen atoms in total. The molecule has 0 aliphatic heterocycles. The fourth-order valence-electron chi connectivity index (χ4n) is 3.04. The Kier molecular flexibility index (Phi) is 2.66. The molecule has 5 rings (SSSR count). The van der Waals surface area contributed by atoms with Crippen LogP contribution in [0.4, 0.5) is 0 Å². The Morgan fingerprint density at radius 2 is 2.00 bits per heavy atom. The highest BCUT2D eigenvalue weighted by Crippen LogP contribution is 2.24. The van der Waals surface area contributed by atoms with Gasteiger partial charge in [-0.3, -0.25) is 9.20 Å². The van der Waals surface area contributed by atoms with E-state index in [4.69, 9.17) is 0 Å². The van der Waals surface area contributed by atoms with E-state index in [1.54, 1.807) is 16.0 Å². The van der Waals surface area contributed by atoms with Gasteiger partial charge in [-0.05, 0) is 36.6 Å². The Morgan fingerprint density at radius 3 is 2.92 bits per heavy atom. The van der Waals surface area contributed by atoms with Crippen LogP contribution in [0.5, 0.6) is 0 Å². The molecule has 4 aromatic heterocycles. The number of hydrogen-bond acceptors (Lipinski definition) is 5. The minimum Gasteiger partial charge on any atom is -0.282 e. The highest BCUT2D eigenvalue weighted by atomic mass is 32.1. The monoisotopic (exact) mass is 336 g/mol. The van der Waals surface area contributed by atoms with Crippen molar-refractivity contribution >= 4 is 38.1 Å². The lowest BCUT2D eigenvalue weighted by Crippen LogP contribution is -2.29. The zero-order valence-electron chi connectivity index (χ0n) is 12.7. The summed E-state index contributed by atoms with van der Waals surface area (Å²) in [6, 6.07) is 11.6. The van der Waals surface area contributed by atoms with E-state index in [1.807, 2.05) is 53.1 Å². The molecule has 0 aliphatic carbocycles. The Morgan fingerprint density at radius 1 is 1.12 bits per heavy atom. The summed E-state index contributed by atoms with van der Waals surface area (Å²) < 4.78 is 5.04. The molecule has 0 saturated heterocycles. The number of fused-ring (bicyclic) bond motifs is 4. The minimum atomic E-state index is -0.136. The maximum atomic E-state index is 12.8. The van der Waals surface area contributed by atoms with Crippen molar-refractivity contribution in [2.75, 3.05) is 0 Å². The lowest BCUT2D eigenvalue weighted by molar-refractivity contribution is 0.473. The van der Waals surface area contributed by atoms with E-state index >= 15 is 0 Å². The molecule has 1 aromatic carbocycles. The molecule has 0 N–H and O–H groups in total.